The summed E-state index contributed by atoms with van der Waals surface area (Å²) < 4.78 is 0. The van der Waals surface area contributed by atoms with E-state index in [1.54, 1.807) is 0 Å². The van der Waals surface area contributed by atoms with Gasteiger partial charge in [-0.25, -0.2) is 0 Å². The average molecular weight is 226 g/mol. The molecule has 0 N–H and O–H groups in total. The number of fused-ring (bicyclic) bond motifs is 5. The van der Waals surface area contributed by atoms with Crippen LogP contribution in [0, 0.1) is 12.1 Å². The van der Waals surface area contributed by atoms with E-state index in [2.05, 4.69) is 54.6 Å². The maximum absolute atomic E-state index is 3.35. The third kappa shape index (κ3) is 1.26. The zero-order chi connectivity index (χ0) is 11.9. The maximum Gasteiger partial charge on any atom is -0.00264 e. The Bertz CT molecular complexity index is 797. The van der Waals surface area contributed by atoms with Gasteiger partial charge >= 0.3 is 0 Å². The third-order valence-electron chi connectivity index (χ3n) is 3.49. The van der Waals surface area contributed by atoms with Gasteiger partial charge in [-0.05, 0) is 50.5 Å². The van der Waals surface area contributed by atoms with Crippen LogP contribution in [0.25, 0.3) is 32.3 Å². The molecule has 0 heterocycles. The van der Waals surface area contributed by atoms with Crippen molar-refractivity contribution in [3.8, 4) is 0 Å². The molecular weight excluding hydrogens is 216 g/mol. The van der Waals surface area contributed by atoms with Crippen LogP contribution in [0.1, 0.15) is 0 Å². The van der Waals surface area contributed by atoms with Crippen LogP contribution in [0.3, 0.4) is 0 Å². The molecule has 82 valence electrons. The van der Waals surface area contributed by atoms with Crippen molar-refractivity contribution >= 4 is 32.3 Å². The van der Waals surface area contributed by atoms with Gasteiger partial charge in [-0.2, -0.15) is 0 Å². The molecule has 2 radical (unpaired) electrons. The minimum atomic E-state index is 1.20. The van der Waals surface area contributed by atoms with Gasteiger partial charge in [-0.15, -0.1) is 0 Å². The smallest absolute Gasteiger partial charge is 0.00264 e. The Morgan fingerprint density at radius 3 is 2.56 bits per heavy atom. The SMILES string of the molecule is [c]1ccc2ccc3c4[c]cccc4ccc3c2c1. The van der Waals surface area contributed by atoms with Crippen LogP contribution in [0.15, 0.2) is 60.7 Å². The van der Waals surface area contributed by atoms with E-state index in [-0.39, 0.29) is 0 Å². The third-order valence-corrected chi connectivity index (χ3v) is 3.49. The average Bonchev–Trinajstić information content (AvgIpc) is 2.46. The van der Waals surface area contributed by atoms with Gasteiger partial charge in [-0.3, -0.25) is 0 Å². The lowest BCUT2D eigenvalue weighted by atomic mass is 9.97. The first-order valence-corrected chi connectivity index (χ1v) is 6.05. The first-order valence-electron chi connectivity index (χ1n) is 6.05. The molecular formula is C18H10. The van der Waals surface area contributed by atoms with Crippen LogP contribution in [-0.2, 0) is 0 Å². The van der Waals surface area contributed by atoms with Gasteiger partial charge < -0.3 is 0 Å². The largest absolute Gasteiger partial charge is 0.0610 e. The Morgan fingerprint density at radius 2 is 1.56 bits per heavy atom. The summed E-state index contributed by atoms with van der Waals surface area (Å²) in [5.74, 6) is 0. The molecule has 0 spiro atoms. The van der Waals surface area contributed by atoms with Gasteiger partial charge in [0.05, 0.1) is 0 Å². The Kier molecular flexibility index (Phi) is 1.92. The topological polar surface area (TPSA) is 0 Å². The minimum Gasteiger partial charge on any atom is -0.0610 e. The van der Waals surface area contributed by atoms with Gasteiger partial charge in [0.1, 0.15) is 0 Å². The lowest BCUT2D eigenvalue weighted by Crippen LogP contribution is -1.80. The van der Waals surface area contributed by atoms with E-state index in [0.29, 0.717) is 0 Å². The monoisotopic (exact) mass is 226 g/mol. The first-order chi connectivity index (χ1) is 8.93. The molecule has 0 fully saturated rings. The lowest BCUT2D eigenvalue weighted by Gasteiger charge is -2.06. The van der Waals surface area contributed by atoms with E-state index in [1.807, 2.05) is 18.2 Å². The molecule has 0 atom stereocenters. The number of hydrogen-bond acceptors (Lipinski definition) is 0. The Labute approximate surface area is 105 Å². The molecule has 4 aromatic rings. The lowest BCUT2D eigenvalue weighted by molar-refractivity contribution is 1.76. The summed E-state index contributed by atoms with van der Waals surface area (Å²) in [5, 5.41) is 7.50. The highest BCUT2D eigenvalue weighted by atomic mass is 14.1. The summed E-state index contributed by atoms with van der Waals surface area (Å²) in [6.07, 6.45) is 0. The van der Waals surface area contributed by atoms with Gasteiger partial charge in [0.2, 0.25) is 0 Å². The Balaban J connectivity index is 2.31. The van der Waals surface area contributed by atoms with Crippen molar-refractivity contribution in [1.82, 2.24) is 0 Å². The van der Waals surface area contributed by atoms with E-state index in [1.165, 1.54) is 32.3 Å². The summed E-state index contributed by atoms with van der Waals surface area (Å²) in [6.45, 7) is 0. The van der Waals surface area contributed by atoms with Crippen molar-refractivity contribution in [3.05, 3.63) is 72.8 Å². The van der Waals surface area contributed by atoms with Crippen LogP contribution in [0.2, 0.25) is 0 Å². The van der Waals surface area contributed by atoms with Crippen LogP contribution in [-0.4, -0.2) is 0 Å². The molecule has 0 aliphatic heterocycles. The highest BCUT2D eigenvalue weighted by Gasteiger charge is 2.03. The Hall–Kier alpha value is -2.34. The molecule has 0 aliphatic carbocycles. The fraction of sp³-hybridized carbons (Fsp3) is 0. The quantitative estimate of drug-likeness (QED) is 0.380. The highest BCUT2D eigenvalue weighted by molar-refractivity contribution is 6.16. The predicted octanol–water partition coefficient (Wildman–Crippen LogP) is 4.75. The van der Waals surface area contributed by atoms with E-state index < -0.39 is 0 Å². The number of hydrogen-bond donors (Lipinski definition) is 0. The molecule has 0 saturated heterocycles. The molecule has 0 bridgehead atoms. The molecule has 0 heteroatoms. The van der Waals surface area contributed by atoms with Crippen LogP contribution < -0.4 is 0 Å². The van der Waals surface area contributed by atoms with Crippen molar-refractivity contribution in [2.24, 2.45) is 0 Å². The van der Waals surface area contributed by atoms with Gasteiger partial charge in [0.25, 0.3) is 0 Å². The summed E-state index contributed by atoms with van der Waals surface area (Å²) in [6, 6.07) is 27.5. The van der Waals surface area contributed by atoms with Crippen molar-refractivity contribution in [1.29, 1.82) is 0 Å². The summed E-state index contributed by atoms with van der Waals surface area (Å²) in [4.78, 5) is 0. The zero-order valence-electron chi connectivity index (χ0n) is 9.77. The van der Waals surface area contributed by atoms with E-state index in [9.17, 15) is 0 Å². The second-order valence-corrected chi connectivity index (χ2v) is 4.51. The summed E-state index contributed by atoms with van der Waals surface area (Å²) in [7, 11) is 0. The first kappa shape index (κ1) is 9.67. The second kappa shape index (κ2) is 3.58. The Morgan fingerprint density at radius 1 is 0.667 bits per heavy atom. The molecule has 4 rings (SSSR count). The summed E-state index contributed by atoms with van der Waals surface area (Å²) >= 11 is 0. The fourth-order valence-electron chi connectivity index (χ4n) is 2.62. The molecule has 4 aromatic carbocycles. The van der Waals surface area contributed by atoms with E-state index in [0.717, 1.165) is 0 Å². The molecule has 0 saturated carbocycles. The van der Waals surface area contributed by atoms with Crippen LogP contribution >= 0.6 is 0 Å². The number of rotatable bonds is 0. The number of benzene rings is 4. The molecule has 0 amide bonds. The standard InChI is InChI=1S/C18H10/c1-3-7-15-13(5-1)9-11-18-16-8-4-2-6-14(16)10-12-17(15)18/h1-3,5-6,8-12H. The summed E-state index contributed by atoms with van der Waals surface area (Å²) in [5.41, 5.74) is 0. The molecule has 0 unspecified atom stereocenters. The minimum absolute atomic E-state index is 1.20. The molecule has 18 heavy (non-hydrogen) atoms. The van der Waals surface area contributed by atoms with Crippen LogP contribution in [0.4, 0.5) is 0 Å². The molecule has 0 aliphatic rings. The van der Waals surface area contributed by atoms with Gasteiger partial charge in [-0.1, -0.05) is 54.6 Å². The van der Waals surface area contributed by atoms with Crippen molar-refractivity contribution < 1.29 is 0 Å². The highest BCUT2D eigenvalue weighted by Crippen LogP contribution is 2.30. The zero-order valence-corrected chi connectivity index (χ0v) is 9.77. The normalized spacial score (nSPS) is 11.3. The van der Waals surface area contributed by atoms with Crippen LogP contribution in [0.5, 0.6) is 0 Å². The van der Waals surface area contributed by atoms with Crippen molar-refractivity contribution in [3.63, 3.8) is 0 Å². The molecule has 0 aromatic heterocycles. The predicted molar refractivity (Wildman–Crippen MR) is 76.6 cm³/mol. The van der Waals surface area contributed by atoms with E-state index >= 15 is 0 Å². The van der Waals surface area contributed by atoms with E-state index in [4.69, 9.17) is 0 Å². The van der Waals surface area contributed by atoms with Gasteiger partial charge in [0, 0.05) is 0 Å². The van der Waals surface area contributed by atoms with Crippen molar-refractivity contribution in [2.75, 3.05) is 0 Å². The maximum atomic E-state index is 3.35. The second-order valence-electron chi connectivity index (χ2n) is 4.51. The fourth-order valence-corrected chi connectivity index (χ4v) is 2.62. The van der Waals surface area contributed by atoms with Crippen molar-refractivity contribution in [2.45, 2.75) is 0 Å². The molecule has 0 nitrogen and oxygen atoms in total. The van der Waals surface area contributed by atoms with Gasteiger partial charge in [0.15, 0.2) is 0 Å².